The first-order valence-electron chi connectivity index (χ1n) is 5.53. The highest BCUT2D eigenvalue weighted by Gasteiger charge is 2.06. The lowest BCUT2D eigenvalue weighted by atomic mass is 10.3. The van der Waals surface area contributed by atoms with Crippen LogP contribution in [0, 0.1) is 0 Å². The number of halogens is 2. The van der Waals surface area contributed by atoms with E-state index in [0.29, 0.717) is 34.9 Å². The van der Waals surface area contributed by atoms with Crippen LogP contribution in [0.3, 0.4) is 0 Å². The molecule has 6 heteroatoms. The average Bonchev–Trinajstić information content (AvgIpc) is 2.82. The molecule has 0 saturated heterocycles. The minimum Gasteiger partial charge on any atom is -0.484 e. The van der Waals surface area contributed by atoms with Gasteiger partial charge in [0.05, 0.1) is 0 Å². The fraction of sp³-hybridized carbons (Fsp3) is 0.333. The maximum Gasteiger partial charge on any atom is 0.253 e. The highest BCUT2D eigenvalue weighted by molar-refractivity contribution is 6.30. The summed E-state index contributed by atoms with van der Waals surface area (Å²) in [4.78, 5) is 0. The van der Waals surface area contributed by atoms with Crippen LogP contribution in [0.4, 0.5) is 0 Å². The van der Waals surface area contributed by atoms with Gasteiger partial charge in [0.2, 0.25) is 5.89 Å². The lowest BCUT2D eigenvalue weighted by molar-refractivity contribution is 0.259. The van der Waals surface area contributed by atoms with Crippen LogP contribution in [0.15, 0.2) is 28.7 Å². The molecule has 0 fully saturated rings. The lowest BCUT2D eigenvalue weighted by Gasteiger charge is -2.02. The number of hydrogen-bond acceptors (Lipinski definition) is 4. The summed E-state index contributed by atoms with van der Waals surface area (Å²) in [5, 5.41) is 8.42. The smallest absolute Gasteiger partial charge is 0.253 e. The molecule has 4 nitrogen and oxygen atoms in total. The van der Waals surface area contributed by atoms with Gasteiger partial charge in [-0.05, 0) is 24.6 Å². The first-order chi connectivity index (χ1) is 8.78. The number of benzene rings is 1. The van der Waals surface area contributed by atoms with Crippen molar-refractivity contribution in [2.24, 2.45) is 0 Å². The van der Waals surface area contributed by atoms with Crippen molar-refractivity contribution in [1.82, 2.24) is 10.2 Å². The summed E-state index contributed by atoms with van der Waals surface area (Å²) in [5.74, 6) is 2.28. The molecule has 0 aliphatic rings. The van der Waals surface area contributed by atoms with Crippen molar-refractivity contribution in [1.29, 1.82) is 0 Å². The summed E-state index contributed by atoms with van der Waals surface area (Å²) in [5.41, 5.74) is 0. The van der Waals surface area contributed by atoms with Gasteiger partial charge in [-0.25, -0.2) is 0 Å². The van der Waals surface area contributed by atoms with E-state index in [1.54, 1.807) is 12.1 Å². The van der Waals surface area contributed by atoms with Crippen LogP contribution in [-0.4, -0.2) is 16.1 Å². The topological polar surface area (TPSA) is 48.2 Å². The van der Waals surface area contributed by atoms with Gasteiger partial charge in [0.15, 0.2) is 6.61 Å². The highest BCUT2D eigenvalue weighted by atomic mass is 35.5. The molecule has 2 rings (SSSR count). The van der Waals surface area contributed by atoms with Gasteiger partial charge in [-0.15, -0.1) is 21.8 Å². The third-order valence-electron chi connectivity index (χ3n) is 2.19. The molecular formula is C12H12Cl2N2O2. The van der Waals surface area contributed by atoms with E-state index in [2.05, 4.69) is 10.2 Å². The van der Waals surface area contributed by atoms with E-state index in [0.717, 1.165) is 6.42 Å². The number of hydrogen-bond donors (Lipinski definition) is 0. The molecule has 0 unspecified atom stereocenters. The second kappa shape index (κ2) is 6.61. The van der Waals surface area contributed by atoms with Crippen molar-refractivity contribution in [2.45, 2.75) is 19.4 Å². The fourth-order valence-electron chi connectivity index (χ4n) is 1.37. The van der Waals surface area contributed by atoms with Crippen LogP contribution < -0.4 is 4.74 Å². The molecule has 1 heterocycles. The maximum atomic E-state index is 5.84. The Kier molecular flexibility index (Phi) is 4.84. The number of rotatable bonds is 6. The van der Waals surface area contributed by atoms with E-state index in [-0.39, 0.29) is 6.61 Å². The molecule has 0 spiro atoms. The zero-order chi connectivity index (χ0) is 12.8. The van der Waals surface area contributed by atoms with E-state index >= 15 is 0 Å². The standard InChI is InChI=1S/C12H12Cl2N2O2/c13-6-2-5-11-15-16-12(18-11)8-17-10-4-1-3-9(14)7-10/h1,3-4,7H,2,5-6,8H2. The zero-order valence-electron chi connectivity index (χ0n) is 9.60. The molecule has 0 amide bonds. The predicted molar refractivity (Wildman–Crippen MR) is 69.1 cm³/mol. The number of aryl methyl sites for hydroxylation is 1. The molecule has 0 radical (unpaired) electrons. The maximum absolute atomic E-state index is 5.84. The van der Waals surface area contributed by atoms with Gasteiger partial charge < -0.3 is 9.15 Å². The van der Waals surface area contributed by atoms with Crippen LogP contribution in [0.2, 0.25) is 5.02 Å². The molecule has 1 aromatic carbocycles. The van der Waals surface area contributed by atoms with Crippen LogP contribution in [-0.2, 0) is 13.0 Å². The van der Waals surface area contributed by atoms with E-state index < -0.39 is 0 Å². The Labute approximate surface area is 115 Å². The Balaban J connectivity index is 1.88. The second-order valence-electron chi connectivity index (χ2n) is 3.63. The molecule has 0 bridgehead atoms. The van der Waals surface area contributed by atoms with Gasteiger partial charge in [0.1, 0.15) is 5.75 Å². The van der Waals surface area contributed by atoms with Crippen molar-refractivity contribution in [3.63, 3.8) is 0 Å². The van der Waals surface area contributed by atoms with Gasteiger partial charge in [0.25, 0.3) is 5.89 Å². The first-order valence-corrected chi connectivity index (χ1v) is 6.45. The summed E-state index contributed by atoms with van der Waals surface area (Å²) in [6, 6.07) is 7.14. The average molecular weight is 287 g/mol. The van der Waals surface area contributed by atoms with Crippen LogP contribution in [0.1, 0.15) is 18.2 Å². The van der Waals surface area contributed by atoms with Crippen LogP contribution >= 0.6 is 23.2 Å². The van der Waals surface area contributed by atoms with Crippen LogP contribution in [0.25, 0.3) is 0 Å². The molecule has 18 heavy (non-hydrogen) atoms. The molecule has 1 aromatic heterocycles. The Bertz CT molecular complexity index is 502. The fourth-order valence-corrected chi connectivity index (χ4v) is 1.68. The first kappa shape index (κ1) is 13.2. The van der Waals surface area contributed by atoms with E-state index in [1.807, 2.05) is 12.1 Å². The third-order valence-corrected chi connectivity index (χ3v) is 2.69. The van der Waals surface area contributed by atoms with Gasteiger partial charge in [0, 0.05) is 17.3 Å². The summed E-state index contributed by atoms with van der Waals surface area (Å²) < 4.78 is 10.9. The largest absolute Gasteiger partial charge is 0.484 e. The van der Waals surface area contributed by atoms with Crippen molar-refractivity contribution < 1.29 is 9.15 Å². The third kappa shape index (κ3) is 3.89. The molecular weight excluding hydrogens is 275 g/mol. The normalized spacial score (nSPS) is 10.6. The van der Waals surface area contributed by atoms with Gasteiger partial charge in [-0.1, -0.05) is 17.7 Å². The lowest BCUT2D eigenvalue weighted by Crippen LogP contribution is -1.95. The van der Waals surface area contributed by atoms with Crippen molar-refractivity contribution in [3.05, 3.63) is 41.1 Å². The quantitative estimate of drug-likeness (QED) is 0.763. The summed E-state index contributed by atoms with van der Waals surface area (Å²) in [6.45, 7) is 0.230. The predicted octanol–water partition coefficient (Wildman–Crippen LogP) is 3.47. The molecule has 0 atom stereocenters. The molecule has 0 N–H and O–H groups in total. The van der Waals surface area contributed by atoms with Gasteiger partial charge in [-0.3, -0.25) is 0 Å². The Morgan fingerprint density at radius 2 is 2.06 bits per heavy atom. The van der Waals surface area contributed by atoms with E-state index in [9.17, 15) is 0 Å². The van der Waals surface area contributed by atoms with E-state index in [4.69, 9.17) is 32.4 Å². The summed E-state index contributed by atoms with van der Waals surface area (Å²) in [6.07, 6.45) is 1.51. The van der Waals surface area contributed by atoms with Gasteiger partial charge in [-0.2, -0.15) is 0 Å². The number of nitrogens with zero attached hydrogens (tertiary/aromatic N) is 2. The number of ether oxygens (including phenoxy) is 1. The monoisotopic (exact) mass is 286 g/mol. The Morgan fingerprint density at radius 3 is 2.83 bits per heavy atom. The number of aromatic nitrogens is 2. The molecule has 0 aliphatic heterocycles. The zero-order valence-corrected chi connectivity index (χ0v) is 11.1. The van der Waals surface area contributed by atoms with Crippen molar-refractivity contribution in [2.75, 3.05) is 5.88 Å². The minimum absolute atomic E-state index is 0.230. The molecule has 0 saturated carbocycles. The van der Waals surface area contributed by atoms with Crippen molar-refractivity contribution in [3.8, 4) is 5.75 Å². The summed E-state index contributed by atoms with van der Waals surface area (Å²) >= 11 is 11.4. The molecule has 96 valence electrons. The SMILES string of the molecule is ClCCCc1nnc(COc2cccc(Cl)c2)o1. The van der Waals surface area contributed by atoms with Gasteiger partial charge >= 0.3 is 0 Å². The number of alkyl halides is 1. The Morgan fingerprint density at radius 1 is 1.22 bits per heavy atom. The molecule has 0 aliphatic carbocycles. The van der Waals surface area contributed by atoms with E-state index in [1.165, 1.54) is 0 Å². The van der Waals surface area contributed by atoms with Crippen molar-refractivity contribution >= 4 is 23.2 Å². The molecule has 2 aromatic rings. The Hall–Kier alpha value is -1.26. The minimum atomic E-state index is 0.230. The van der Waals surface area contributed by atoms with Crippen LogP contribution in [0.5, 0.6) is 5.75 Å². The highest BCUT2D eigenvalue weighted by Crippen LogP contribution is 2.18. The summed E-state index contributed by atoms with van der Waals surface area (Å²) in [7, 11) is 0. The second-order valence-corrected chi connectivity index (χ2v) is 4.44.